The van der Waals surface area contributed by atoms with Crippen molar-refractivity contribution in [2.24, 2.45) is 0 Å². The van der Waals surface area contributed by atoms with E-state index in [-0.39, 0.29) is 17.0 Å². The predicted octanol–water partition coefficient (Wildman–Crippen LogP) is 1.39. The van der Waals surface area contributed by atoms with Gasteiger partial charge in [0.15, 0.2) is 0 Å². The second-order valence-electron chi connectivity index (χ2n) is 3.81. The molecule has 0 saturated heterocycles. The Morgan fingerprint density at radius 3 is 2.74 bits per heavy atom. The third kappa shape index (κ3) is 3.19. The van der Waals surface area contributed by atoms with Gasteiger partial charge in [0.25, 0.3) is 0 Å². The first-order chi connectivity index (χ1) is 9.03. The van der Waals surface area contributed by atoms with Gasteiger partial charge in [-0.1, -0.05) is 6.07 Å². The zero-order valence-electron chi connectivity index (χ0n) is 9.84. The average molecular weight is 285 g/mol. The maximum absolute atomic E-state index is 13.1. The molecule has 0 fully saturated rings. The molecule has 0 bridgehead atoms. The van der Waals surface area contributed by atoms with Gasteiger partial charge in [0.1, 0.15) is 11.6 Å². The third-order valence-corrected chi connectivity index (χ3v) is 3.99. The molecule has 0 amide bonds. The minimum absolute atomic E-state index is 0.0449. The smallest absolute Gasteiger partial charge is 0.241 e. The van der Waals surface area contributed by atoms with Gasteiger partial charge in [-0.05, 0) is 29.8 Å². The van der Waals surface area contributed by atoms with E-state index in [1.807, 2.05) is 0 Å². The van der Waals surface area contributed by atoms with E-state index >= 15 is 0 Å². The van der Waals surface area contributed by atoms with Crippen LogP contribution in [0, 0.1) is 5.82 Å². The van der Waals surface area contributed by atoms with Gasteiger partial charge in [0, 0.05) is 0 Å². The standard InChI is InChI=1S/C12H12FNO4S/c13-10-4-3-9(8-15)12(6-10)19(16,17)14-7-11-2-1-5-18-11/h1-6,14-15H,7-8H2. The van der Waals surface area contributed by atoms with Crippen molar-refractivity contribution in [3.8, 4) is 0 Å². The van der Waals surface area contributed by atoms with Crippen molar-refractivity contribution < 1.29 is 22.3 Å². The molecule has 0 aliphatic carbocycles. The van der Waals surface area contributed by atoms with Crippen LogP contribution in [0.3, 0.4) is 0 Å². The molecule has 0 aliphatic rings. The molecule has 0 unspecified atom stereocenters. The predicted molar refractivity (Wildman–Crippen MR) is 65.1 cm³/mol. The van der Waals surface area contributed by atoms with Gasteiger partial charge in [-0.25, -0.2) is 17.5 Å². The van der Waals surface area contributed by atoms with Crippen molar-refractivity contribution in [2.45, 2.75) is 18.0 Å². The fraction of sp³-hybridized carbons (Fsp3) is 0.167. The average Bonchev–Trinajstić information content (AvgIpc) is 2.89. The summed E-state index contributed by atoms with van der Waals surface area (Å²) >= 11 is 0. The number of aliphatic hydroxyl groups is 1. The van der Waals surface area contributed by atoms with E-state index < -0.39 is 22.4 Å². The molecule has 1 aromatic carbocycles. The summed E-state index contributed by atoms with van der Waals surface area (Å²) in [6, 6.07) is 6.44. The summed E-state index contributed by atoms with van der Waals surface area (Å²) in [6.45, 7) is -0.534. The summed E-state index contributed by atoms with van der Waals surface area (Å²) < 4.78 is 44.5. The molecule has 2 rings (SSSR count). The monoisotopic (exact) mass is 285 g/mol. The fourth-order valence-corrected chi connectivity index (χ4v) is 2.80. The summed E-state index contributed by atoms with van der Waals surface area (Å²) in [5.41, 5.74) is 0.133. The SMILES string of the molecule is O=S(=O)(NCc1ccco1)c1cc(F)ccc1CO. The highest BCUT2D eigenvalue weighted by Crippen LogP contribution is 2.17. The van der Waals surface area contributed by atoms with Gasteiger partial charge >= 0.3 is 0 Å². The number of hydrogen-bond donors (Lipinski definition) is 2. The summed E-state index contributed by atoms with van der Waals surface area (Å²) in [7, 11) is -3.91. The second kappa shape index (κ2) is 5.52. The van der Waals surface area contributed by atoms with Crippen LogP contribution in [0.5, 0.6) is 0 Å². The van der Waals surface area contributed by atoms with Crippen LogP contribution in [0.2, 0.25) is 0 Å². The van der Waals surface area contributed by atoms with Crippen LogP contribution in [-0.2, 0) is 23.2 Å². The Bertz CT molecular complexity index is 652. The molecule has 5 nitrogen and oxygen atoms in total. The van der Waals surface area contributed by atoms with Crippen molar-refractivity contribution in [1.82, 2.24) is 4.72 Å². The molecule has 2 aromatic rings. The molecule has 102 valence electrons. The molecule has 0 atom stereocenters. The largest absolute Gasteiger partial charge is 0.468 e. The quantitative estimate of drug-likeness (QED) is 0.870. The third-order valence-electron chi connectivity index (χ3n) is 2.51. The highest BCUT2D eigenvalue weighted by Gasteiger charge is 2.19. The maximum Gasteiger partial charge on any atom is 0.241 e. The Balaban J connectivity index is 2.26. The molecule has 19 heavy (non-hydrogen) atoms. The Morgan fingerprint density at radius 2 is 2.11 bits per heavy atom. The van der Waals surface area contributed by atoms with Gasteiger partial charge in [0.05, 0.1) is 24.3 Å². The van der Waals surface area contributed by atoms with Crippen LogP contribution in [0.1, 0.15) is 11.3 Å². The minimum atomic E-state index is -3.91. The molecule has 1 heterocycles. The number of furan rings is 1. The zero-order valence-corrected chi connectivity index (χ0v) is 10.7. The van der Waals surface area contributed by atoms with Crippen LogP contribution < -0.4 is 4.72 Å². The van der Waals surface area contributed by atoms with E-state index in [2.05, 4.69) is 4.72 Å². The van der Waals surface area contributed by atoms with Crippen LogP contribution in [0.4, 0.5) is 4.39 Å². The van der Waals surface area contributed by atoms with Gasteiger partial charge in [-0.3, -0.25) is 0 Å². The number of benzene rings is 1. The fourth-order valence-electron chi connectivity index (χ4n) is 1.57. The van der Waals surface area contributed by atoms with E-state index in [4.69, 9.17) is 9.52 Å². The van der Waals surface area contributed by atoms with E-state index in [1.165, 1.54) is 12.3 Å². The summed E-state index contributed by atoms with van der Waals surface area (Å²) in [4.78, 5) is -0.276. The van der Waals surface area contributed by atoms with Gasteiger partial charge in [-0.15, -0.1) is 0 Å². The lowest BCUT2D eigenvalue weighted by Crippen LogP contribution is -2.24. The molecular formula is C12H12FNO4S. The van der Waals surface area contributed by atoms with E-state index in [0.29, 0.717) is 5.76 Å². The number of sulfonamides is 1. The molecule has 0 spiro atoms. The maximum atomic E-state index is 13.1. The highest BCUT2D eigenvalue weighted by atomic mass is 32.2. The van der Waals surface area contributed by atoms with Crippen molar-refractivity contribution in [3.05, 3.63) is 53.7 Å². The van der Waals surface area contributed by atoms with Crippen LogP contribution in [-0.4, -0.2) is 13.5 Å². The number of halogens is 1. The van der Waals surface area contributed by atoms with Crippen molar-refractivity contribution in [2.75, 3.05) is 0 Å². The van der Waals surface area contributed by atoms with Gasteiger partial charge in [0.2, 0.25) is 10.0 Å². The highest BCUT2D eigenvalue weighted by molar-refractivity contribution is 7.89. The number of hydrogen-bond acceptors (Lipinski definition) is 4. The first kappa shape index (κ1) is 13.7. The molecular weight excluding hydrogens is 273 g/mol. The Labute approximate surface area is 109 Å². The Kier molecular flexibility index (Phi) is 3.98. The summed E-state index contributed by atoms with van der Waals surface area (Å²) in [6.07, 6.45) is 1.42. The number of rotatable bonds is 5. The van der Waals surface area contributed by atoms with Crippen LogP contribution in [0.25, 0.3) is 0 Å². The normalized spacial score (nSPS) is 11.7. The lowest BCUT2D eigenvalue weighted by Gasteiger charge is -2.09. The van der Waals surface area contributed by atoms with Crippen molar-refractivity contribution >= 4 is 10.0 Å². The van der Waals surface area contributed by atoms with Crippen LogP contribution in [0.15, 0.2) is 45.9 Å². The molecule has 1 aromatic heterocycles. The minimum Gasteiger partial charge on any atom is -0.468 e. The van der Waals surface area contributed by atoms with Crippen LogP contribution >= 0.6 is 0 Å². The molecule has 0 aliphatic heterocycles. The summed E-state index contributed by atoms with van der Waals surface area (Å²) in [5, 5.41) is 9.09. The van der Waals surface area contributed by atoms with E-state index in [9.17, 15) is 12.8 Å². The second-order valence-corrected chi connectivity index (χ2v) is 5.55. The summed E-state index contributed by atoms with van der Waals surface area (Å²) in [5.74, 6) is -0.249. The van der Waals surface area contributed by atoms with E-state index in [0.717, 1.165) is 12.1 Å². The van der Waals surface area contributed by atoms with E-state index in [1.54, 1.807) is 12.1 Å². The Morgan fingerprint density at radius 1 is 1.32 bits per heavy atom. The van der Waals surface area contributed by atoms with Gasteiger partial charge < -0.3 is 9.52 Å². The lowest BCUT2D eigenvalue weighted by atomic mass is 10.2. The topological polar surface area (TPSA) is 79.5 Å². The molecule has 0 radical (unpaired) electrons. The first-order valence-corrected chi connectivity index (χ1v) is 6.92. The number of nitrogens with one attached hydrogen (secondary N) is 1. The van der Waals surface area contributed by atoms with Crippen molar-refractivity contribution in [1.29, 1.82) is 0 Å². The molecule has 7 heteroatoms. The molecule has 2 N–H and O–H groups in total. The number of aliphatic hydroxyl groups excluding tert-OH is 1. The van der Waals surface area contributed by atoms with Crippen molar-refractivity contribution in [3.63, 3.8) is 0 Å². The Hall–Kier alpha value is -1.70. The lowest BCUT2D eigenvalue weighted by molar-refractivity contribution is 0.278. The first-order valence-electron chi connectivity index (χ1n) is 5.44. The zero-order chi connectivity index (χ0) is 13.9. The van der Waals surface area contributed by atoms with Gasteiger partial charge in [-0.2, -0.15) is 0 Å². The molecule has 0 saturated carbocycles.